The van der Waals surface area contributed by atoms with Crippen molar-refractivity contribution in [2.45, 2.75) is 26.8 Å². The van der Waals surface area contributed by atoms with E-state index in [1.165, 1.54) is 11.6 Å². The third-order valence-corrected chi connectivity index (χ3v) is 3.47. The summed E-state index contributed by atoms with van der Waals surface area (Å²) < 4.78 is 13.9. The van der Waals surface area contributed by atoms with Crippen LogP contribution in [-0.4, -0.2) is 0 Å². The highest BCUT2D eigenvalue weighted by Crippen LogP contribution is 2.26. The fraction of sp³-hybridized carbons (Fsp3) is 0.250. The van der Waals surface area contributed by atoms with Crippen molar-refractivity contribution in [3.8, 4) is 0 Å². The molecule has 0 heterocycles. The van der Waals surface area contributed by atoms with E-state index in [0.717, 1.165) is 16.7 Å². The molecule has 0 spiro atoms. The quantitative estimate of drug-likeness (QED) is 0.853. The highest BCUT2D eigenvalue weighted by molar-refractivity contribution is 5.41. The van der Waals surface area contributed by atoms with Gasteiger partial charge in [-0.15, -0.1) is 0 Å². The molecule has 2 rings (SSSR count). The topological polar surface area (TPSA) is 26.0 Å². The van der Waals surface area contributed by atoms with Crippen molar-refractivity contribution in [1.82, 2.24) is 0 Å². The van der Waals surface area contributed by atoms with Crippen LogP contribution in [0.25, 0.3) is 0 Å². The minimum Gasteiger partial charge on any atom is -0.320 e. The van der Waals surface area contributed by atoms with Gasteiger partial charge in [-0.3, -0.25) is 0 Å². The number of nitrogens with two attached hydrogens (primary N) is 1. The molecule has 0 amide bonds. The lowest BCUT2D eigenvalue weighted by Crippen LogP contribution is -2.15. The molecule has 2 aromatic rings. The minimum atomic E-state index is -0.412. The first-order valence-corrected chi connectivity index (χ1v) is 6.08. The van der Waals surface area contributed by atoms with Crippen LogP contribution in [0.5, 0.6) is 0 Å². The van der Waals surface area contributed by atoms with Gasteiger partial charge < -0.3 is 5.73 Å². The van der Waals surface area contributed by atoms with Crippen LogP contribution in [0.2, 0.25) is 0 Å². The van der Waals surface area contributed by atoms with E-state index in [1.54, 1.807) is 6.07 Å². The largest absolute Gasteiger partial charge is 0.320 e. The van der Waals surface area contributed by atoms with Crippen LogP contribution in [0.15, 0.2) is 36.4 Å². The van der Waals surface area contributed by atoms with Crippen LogP contribution in [0, 0.1) is 26.6 Å². The van der Waals surface area contributed by atoms with Gasteiger partial charge in [-0.05, 0) is 43.5 Å². The molecule has 0 saturated heterocycles. The molecule has 2 aromatic carbocycles. The molecule has 1 unspecified atom stereocenters. The normalized spacial score (nSPS) is 12.5. The fourth-order valence-electron chi connectivity index (χ4n) is 2.18. The summed E-state index contributed by atoms with van der Waals surface area (Å²) >= 11 is 0. The number of rotatable bonds is 2. The van der Waals surface area contributed by atoms with E-state index in [1.807, 2.05) is 45.0 Å². The maximum Gasteiger partial charge on any atom is 0.128 e. The van der Waals surface area contributed by atoms with Gasteiger partial charge in [-0.25, -0.2) is 4.39 Å². The number of hydrogen-bond donors (Lipinski definition) is 1. The van der Waals surface area contributed by atoms with Gasteiger partial charge in [0.15, 0.2) is 0 Å². The zero-order valence-electron chi connectivity index (χ0n) is 11.0. The molecule has 0 saturated carbocycles. The molecule has 1 nitrogen and oxygen atoms in total. The fourth-order valence-corrected chi connectivity index (χ4v) is 2.18. The molecule has 94 valence electrons. The SMILES string of the molecule is Cc1ccc(F)c(C(N)c2cccc(C)c2C)c1. The summed E-state index contributed by atoms with van der Waals surface area (Å²) in [4.78, 5) is 0. The zero-order valence-corrected chi connectivity index (χ0v) is 11.0. The molecule has 0 radical (unpaired) electrons. The lowest BCUT2D eigenvalue weighted by molar-refractivity contribution is 0.598. The van der Waals surface area contributed by atoms with Gasteiger partial charge in [0.2, 0.25) is 0 Å². The molecule has 2 N–H and O–H groups in total. The van der Waals surface area contributed by atoms with Gasteiger partial charge in [0.05, 0.1) is 6.04 Å². The molecule has 2 heteroatoms. The van der Waals surface area contributed by atoms with Gasteiger partial charge in [-0.1, -0.05) is 35.9 Å². The Morgan fingerprint density at radius 2 is 1.72 bits per heavy atom. The van der Waals surface area contributed by atoms with E-state index in [4.69, 9.17) is 5.73 Å². The molecular formula is C16H18FN. The van der Waals surface area contributed by atoms with Gasteiger partial charge in [0.1, 0.15) is 5.82 Å². The van der Waals surface area contributed by atoms with Gasteiger partial charge in [-0.2, -0.15) is 0 Å². The second-order valence-electron chi connectivity index (χ2n) is 4.79. The molecule has 0 bridgehead atoms. The molecule has 0 aliphatic rings. The average Bonchev–Trinajstić information content (AvgIpc) is 2.35. The monoisotopic (exact) mass is 243 g/mol. The standard InChI is InChI=1S/C16H18FN/c1-10-7-8-15(17)14(9-10)16(18)13-6-4-5-11(2)12(13)3/h4-9,16H,18H2,1-3H3. The molecule has 18 heavy (non-hydrogen) atoms. The van der Waals surface area contributed by atoms with Crippen molar-refractivity contribution in [2.75, 3.05) is 0 Å². The smallest absolute Gasteiger partial charge is 0.128 e. The van der Waals surface area contributed by atoms with Crippen LogP contribution in [0.1, 0.15) is 33.9 Å². The highest BCUT2D eigenvalue weighted by Gasteiger charge is 2.16. The number of hydrogen-bond acceptors (Lipinski definition) is 1. The van der Waals surface area contributed by atoms with E-state index in [0.29, 0.717) is 5.56 Å². The van der Waals surface area contributed by atoms with Crippen molar-refractivity contribution in [3.05, 3.63) is 70.0 Å². The summed E-state index contributed by atoms with van der Waals surface area (Å²) in [7, 11) is 0. The van der Waals surface area contributed by atoms with Gasteiger partial charge in [0.25, 0.3) is 0 Å². The Morgan fingerprint density at radius 1 is 1.00 bits per heavy atom. The summed E-state index contributed by atoms with van der Waals surface area (Å²) in [5.41, 5.74) is 11.1. The Kier molecular flexibility index (Phi) is 3.48. The zero-order chi connectivity index (χ0) is 13.3. The maximum absolute atomic E-state index is 13.9. The van der Waals surface area contributed by atoms with Crippen LogP contribution >= 0.6 is 0 Å². The Labute approximate surface area is 107 Å². The Bertz CT molecular complexity index is 573. The maximum atomic E-state index is 13.9. The Morgan fingerprint density at radius 3 is 2.44 bits per heavy atom. The van der Waals surface area contributed by atoms with Gasteiger partial charge in [0, 0.05) is 5.56 Å². The number of halogens is 1. The first-order chi connectivity index (χ1) is 8.50. The van der Waals surface area contributed by atoms with Crippen LogP contribution in [0.4, 0.5) is 4.39 Å². The summed E-state index contributed by atoms with van der Waals surface area (Å²) in [5, 5.41) is 0. The molecule has 0 aliphatic carbocycles. The molecule has 0 fully saturated rings. The van der Waals surface area contributed by atoms with E-state index in [9.17, 15) is 4.39 Å². The van der Waals surface area contributed by atoms with Crippen LogP contribution < -0.4 is 5.73 Å². The predicted molar refractivity (Wildman–Crippen MR) is 73.1 cm³/mol. The third-order valence-electron chi connectivity index (χ3n) is 3.47. The van der Waals surface area contributed by atoms with E-state index in [-0.39, 0.29) is 5.82 Å². The third kappa shape index (κ3) is 2.29. The molecule has 0 aromatic heterocycles. The average molecular weight is 243 g/mol. The Balaban J connectivity index is 2.51. The first-order valence-electron chi connectivity index (χ1n) is 6.08. The second-order valence-corrected chi connectivity index (χ2v) is 4.79. The Hall–Kier alpha value is -1.67. The van der Waals surface area contributed by atoms with E-state index < -0.39 is 6.04 Å². The predicted octanol–water partition coefficient (Wildman–Crippen LogP) is 3.80. The summed E-state index contributed by atoms with van der Waals surface area (Å²) in [6, 6.07) is 10.6. The summed E-state index contributed by atoms with van der Waals surface area (Å²) in [6.45, 7) is 6.01. The summed E-state index contributed by atoms with van der Waals surface area (Å²) in [6.07, 6.45) is 0. The molecule has 0 aliphatic heterocycles. The van der Waals surface area contributed by atoms with E-state index in [2.05, 4.69) is 0 Å². The van der Waals surface area contributed by atoms with Crippen molar-refractivity contribution in [1.29, 1.82) is 0 Å². The van der Waals surface area contributed by atoms with Crippen LogP contribution in [-0.2, 0) is 0 Å². The number of benzene rings is 2. The van der Waals surface area contributed by atoms with E-state index >= 15 is 0 Å². The van der Waals surface area contributed by atoms with Crippen molar-refractivity contribution < 1.29 is 4.39 Å². The molecule has 1 atom stereocenters. The van der Waals surface area contributed by atoms with Crippen molar-refractivity contribution >= 4 is 0 Å². The lowest BCUT2D eigenvalue weighted by Gasteiger charge is -2.17. The van der Waals surface area contributed by atoms with Crippen molar-refractivity contribution in [2.24, 2.45) is 5.73 Å². The minimum absolute atomic E-state index is 0.242. The summed E-state index contributed by atoms with van der Waals surface area (Å²) in [5.74, 6) is -0.242. The first kappa shape index (κ1) is 12.8. The van der Waals surface area contributed by atoms with Crippen LogP contribution in [0.3, 0.4) is 0 Å². The second kappa shape index (κ2) is 4.91. The van der Waals surface area contributed by atoms with Gasteiger partial charge >= 0.3 is 0 Å². The molecular weight excluding hydrogens is 225 g/mol. The lowest BCUT2D eigenvalue weighted by atomic mass is 9.92. The number of aryl methyl sites for hydroxylation is 2. The highest BCUT2D eigenvalue weighted by atomic mass is 19.1. The van der Waals surface area contributed by atoms with Crippen molar-refractivity contribution in [3.63, 3.8) is 0 Å².